The standard InChI is InChI=1S/C12H16N4O4/c1-15-4-2-3-8(15)6-13-11-5-9(12(17)18)10(7-14-11)16(19)20/h5,7-8H,2-4,6H2,1H3,(H,13,14)(H,17,18). The molecule has 1 aromatic heterocycles. The fraction of sp³-hybridized carbons (Fsp3) is 0.500. The molecule has 0 bridgehead atoms. The Labute approximate surface area is 115 Å². The summed E-state index contributed by atoms with van der Waals surface area (Å²) in [4.78, 5) is 27.1. The highest BCUT2D eigenvalue weighted by atomic mass is 16.6. The van der Waals surface area contributed by atoms with E-state index < -0.39 is 16.6 Å². The van der Waals surface area contributed by atoms with E-state index in [1.165, 1.54) is 6.07 Å². The Kier molecular flexibility index (Phi) is 4.14. The molecular formula is C12H16N4O4. The third-order valence-corrected chi connectivity index (χ3v) is 3.50. The zero-order valence-corrected chi connectivity index (χ0v) is 11.1. The highest BCUT2D eigenvalue weighted by Gasteiger charge is 2.23. The molecule has 1 unspecified atom stereocenters. The number of carboxylic acids is 1. The van der Waals surface area contributed by atoms with E-state index in [9.17, 15) is 14.9 Å². The molecule has 0 radical (unpaired) electrons. The molecule has 8 nitrogen and oxygen atoms in total. The van der Waals surface area contributed by atoms with Crippen molar-refractivity contribution >= 4 is 17.5 Å². The van der Waals surface area contributed by atoms with Crippen molar-refractivity contribution in [3.63, 3.8) is 0 Å². The molecule has 0 aromatic carbocycles. The number of hydrogen-bond acceptors (Lipinski definition) is 6. The first-order valence-corrected chi connectivity index (χ1v) is 6.31. The Hall–Kier alpha value is -2.22. The predicted molar refractivity (Wildman–Crippen MR) is 72.0 cm³/mol. The second-order valence-corrected chi connectivity index (χ2v) is 4.81. The molecule has 2 N–H and O–H groups in total. The summed E-state index contributed by atoms with van der Waals surface area (Å²) in [5.74, 6) is -0.992. The van der Waals surface area contributed by atoms with Gasteiger partial charge in [-0.3, -0.25) is 10.1 Å². The molecule has 8 heteroatoms. The van der Waals surface area contributed by atoms with E-state index in [0.717, 1.165) is 25.6 Å². The van der Waals surface area contributed by atoms with E-state index in [1.54, 1.807) is 0 Å². The number of nitrogens with one attached hydrogen (secondary N) is 1. The number of nitro groups is 1. The quantitative estimate of drug-likeness (QED) is 0.616. The van der Waals surface area contributed by atoms with Crippen LogP contribution in [0.5, 0.6) is 0 Å². The Morgan fingerprint density at radius 3 is 3.00 bits per heavy atom. The molecule has 1 aliphatic heterocycles. The number of rotatable bonds is 5. The van der Waals surface area contributed by atoms with Crippen LogP contribution in [0.1, 0.15) is 23.2 Å². The van der Waals surface area contributed by atoms with Gasteiger partial charge in [-0.25, -0.2) is 9.78 Å². The fourth-order valence-electron chi connectivity index (χ4n) is 2.32. The minimum Gasteiger partial charge on any atom is -0.477 e. The number of likely N-dealkylation sites (tertiary alicyclic amines) is 1. The summed E-state index contributed by atoms with van der Waals surface area (Å²) in [7, 11) is 2.03. The van der Waals surface area contributed by atoms with E-state index in [-0.39, 0.29) is 5.56 Å². The van der Waals surface area contributed by atoms with Crippen LogP contribution in [0.15, 0.2) is 12.3 Å². The maximum absolute atomic E-state index is 11.0. The highest BCUT2D eigenvalue weighted by Crippen LogP contribution is 2.21. The van der Waals surface area contributed by atoms with Gasteiger partial charge >= 0.3 is 11.7 Å². The predicted octanol–water partition coefficient (Wildman–Crippen LogP) is 1.19. The third kappa shape index (κ3) is 3.02. The summed E-state index contributed by atoms with van der Waals surface area (Å²) >= 11 is 0. The fourth-order valence-corrected chi connectivity index (χ4v) is 2.32. The largest absolute Gasteiger partial charge is 0.477 e. The van der Waals surface area contributed by atoms with Crippen LogP contribution in [-0.4, -0.2) is 52.1 Å². The molecule has 0 aliphatic carbocycles. The first-order chi connectivity index (χ1) is 9.49. The lowest BCUT2D eigenvalue weighted by atomic mass is 10.2. The molecule has 1 fully saturated rings. The number of carbonyl (C=O) groups is 1. The highest BCUT2D eigenvalue weighted by molar-refractivity contribution is 5.93. The molecular weight excluding hydrogens is 264 g/mol. The van der Waals surface area contributed by atoms with Gasteiger partial charge in [0.25, 0.3) is 0 Å². The summed E-state index contributed by atoms with van der Waals surface area (Å²) in [5, 5.41) is 22.8. The first-order valence-electron chi connectivity index (χ1n) is 6.31. The molecule has 1 atom stereocenters. The second-order valence-electron chi connectivity index (χ2n) is 4.81. The van der Waals surface area contributed by atoms with Gasteiger partial charge in [0.05, 0.1) is 4.92 Å². The molecule has 2 rings (SSSR count). The van der Waals surface area contributed by atoms with Gasteiger partial charge in [-0.1, -0.05) is 0 Å². The lowest BCUT2D eigenvalue weighted by Crippen LogP contribution is -2.31. The van der Waals surface area contributed by atoms with Gasteiger partial charge < -0.3 is 15.3 Å². The van der Waals surface area contributed by atoms with Crippen LogP contribution in [0.25, 0.3) is 0 Å². The van der Waals surface area contributed by atoms with Crippen molar-refractivity contribution in [3.05, 3.63) is 27.9 Å². The second kappa shape index (κ2) is 5.83. The molecule has 0 amide bonds. The van der Waals surface area contributed by atoms with Crippen LogP contribution in [0.2, 0.25) is 0 Å². The summed E-state index contributed by atoms with van der Waals surface area (Å²) in [5.41, 5.74) is -0.853. The Bertz CT molecular complexity index is 534. The maximum atomic E-state index is 11.0. The normalized spacial score (nSPS) is 18.9. The van der Waals surface area contributed by atoms with Gasteiger partial charge in [0.1, 0.15) is 17.6 Å². The number of aromatic nitrogens is 1. The van der Waals surface area contributed by atoms with Crippen LogP contribution in [0.3, 0.4) is 0 Å². The van der Waals surface area contributed by atoms with Gasteiger partial charge in [0, 0.05) is 18.7 Å². The van der Waals surface area contributed by atoms with Crippen molar-refractivity contribution in [1.29, 1.82) is 0 Å². The topological polar surface area (TPSA) is 109 Å². The SMILES string of the molecule is CN1CCCC1CNc1cc(C(=O)O)c([N+](=O)[O-])cn1. The number of anilines is 1. The van der Waals surface area contributed by atoms with Crippen LogP contribution in [0, 0.1) is 10.1 Å². The van der Waals surface area contributed by atoms with Crippen LogP contribution < -0.4 is 5.32 Å². The van der Waals surface area contributed by atoms with Crippen molar-refractivity contribution < 1.29 is 14.8 Å². The van der Waals surface area contributed by atoms with Gasteiger partial charge in [0.15, 0.2) is 0 Å². The number of aromatic carboxylic acids is 1. The molecule has 108 valence electrons. The molecule has 20 heavy (non-hydrogen) atoms. The zero-order valence-electron chi connectivity index (χ0n) is 11.1. The van der Waals surface area contributed by atoms with E-state index >= 15 is 0 Å². The van der Waals surface area contributed by atoms with Crippen molar-refractivity contribution in [2.45, 2.75) is 18.9 Å². The summed E-state index contributed by atoms with van der Waals surface area (Å²) in [6, 6.07) is 1.58. The van der Waals surface area contributed by atoms with Crippen molar-refractivity contribution in [2.75, 3.05) is 25.5 Å². The molecule has 1 aromatic rings. The molecule has 1 saturated heterocycles. The van der Waals surface area contributed by atoms with Gasteiger partial charge in [-0.05, 0) is 26.4 Å². The Morgan fingerprint density at radius 1 is 1.70 bits per heavy atom. The minimum absolute atomic E-state index is 0.341. The summed E-state index contributed by atoms with van der Waals surface area (Å²) < 4.78 is 0. The number of nitrogens with zero attached hydrogens (tertiary/aromatic N) is 3. The maximum Gasteiger partial charge on any atom is 0.342 e. The number of hydrogen-bond donors (Lipinski definition) is 2. The van der Waals surface area contributed by atoms with E-state index in [2.05, 4.69) is 15.2 Å². The van der Waals surface area contributed by atoms with E-state index in [4.69, 9.17) is 5.11 Å². The molecule has 0 saturated carbocycles. The summed E-state index contributed by atoms with van der Waals surface area (Å²) in [6.07, 6.45) is 3.18. The van der Waals surface area contributed by atoms with Crippen molar-refractivity contribution in [2.24, 2.45) is 0 Å². The van der Waals surface area contributed by atoms with E-state index in [1.807, 2.05) is 7.05 Å². The Morgan fingerprint density at radius 2 is 2.45 bits per heavy atom. The number of pyridine rings is 1. The van der Waals surface area contributed by atoms with Crippen molar-refractivity contribution in [1.82, 2.24) is 9.88 Å². The smallest absolute Gasteiger partial charge is 0.342 e. The first kappa shape index (κ1) is 14.2. The zero-order chi connectivity index (χ0) is 14.7. The van der Waals surface area contributed by atoms with Gasteiger partial charge in [0.2, 0.25) is 0 Å². The minimum atomic E-state index is -1.33. The average molecular weight is 280 g/mol. The number of carboxylic acid groups (broad SMARTS) is 1. The summed E-state index contributed by atoms with van der Waals surface area (Å²) in [6.45, 7) is 1.68. The van der Waals surface area contributed by atoms with Crippen LogP contribution >= 0.6 is 0 Å². The third-order valence-electron chi connectivity index (χ3n) is 3.50. The lowest BCUT2D eigenvalue weighted by molar-refractivity contribution is -0.385. The van der Waals surface area contributed by atoms with Gasteiger partial charge in [-0.2, -0.15) is 0 Å². The van der Waals surface area contributed by atoms with Gasteiger partial charge in [-0.15, -0.1) is 0 Å². The Balaban J connectivity index is 2.11. The van der Waals surface area contributed by atoms with E-state index in [0.29, 0.717) is 18.4 Å². The average Bonchev–Trinajstić information content (AvgIpc) is 2.81. The monoisotopic (exact) mass is 280 g/mol. The number of likely N-dealkylation sites (N-methyl/N-ethyl adjacent to an activating group) is 1. The molecule has 1 aliphatic rings. The van der Waals surface area contributed by atoms with Crippen LogP contribution in [-0.2, 0) is 0 Å². The lowest BCUT2D eigenvalue weighted by Gasteiger charge is -2.19. The molecule has 2 heterocycles. The molecule has 0 spiro atoms. The van der Waals surface area contributed by atoms with Crippen LogP contribution in [0.4, 0.5) is 11.5 Å². The van der Waals surface area contributed by atoms with Crippen molar-refractivity contribution in [3.8, 4) is 0 Å².